The highest BCUT2D eigenvalue weighted by atomic mass is 32.2. The minimum absolute atomic E-state index is 0.0970. The average Bonchev–Trinajstić information content (AvgIpc) is 3.84. The second-order valence-corrected chi connectivity index (χ2v) is 21.1. The van der Waals surface area contributed by atoms with Gasteiger partial charge in [-0.3, -0.25) is 12.5 Å². The Labute approximate surface area is 339 Å². The normalized spacial score (nSPS) is 25.0. The predicted molar refractivity (Wildman–Crippen MR) is 217 cm³/mol. The van der Waals surface area contributed by atoms with Crippen molar-refractivity contribution in [3.8, 4) is 0 Å². The number of hydrogen-bond acceptors (Lipinski definition) is 13. The van der Waals surface area contributed by atoms with Crippen LogP contribution in [0.25, 0.3) is 0 Å². The highest BCUT2D eigenvalue weighted by molar-refractivity contribution is 7.86. The van der Waals surface area contributed by atoms with Gasteiger partial charge in [0, 0.05) is 5.57 Å². The third-order valence-corrected chi connectivity index (χ3v) is 12.7. The first-order valence-corrected chi connectivity index (χ1v) is 26.7. The Hall–Kier alpha value is -1.14. The number of hydrogen-bond donors (Lipinski definition) is 0. The molecule has 2 fully saturated rings. The van der Waals surface area contributed by atoms with E-state index in [-0.39, 0.29) is 30.4 Å². The summed E-state index contributed by atoms with van der Waals surface area (Å²) in [4.78, 5) is 11.7. The standard InChI is InChI=1S/C40H72O13S3/c1-6-7-16-22-33(51-54(3,42)43)23-19-20-25-39(53-56(5,46)47)37-29-27-35(50-37)34-26-28-36(49-34)38(52-55(4,44)45)24-18-15-13-11-9-8-10-12-14-17-21-32-30-31(2)48-40(32)41/h30-31,33-39H,6-29H2,1-5H3/t31-,33?,34+,35+,36+,37+,38+,39-/m0/s1. The summed E-state index contributed by atoms with van der Waals surface area (Å²) in [5.74, 6) is -0.164. The summed E-state index contributed by atoms with van der Waals surface area (Å²) in [7, 11) is -11.0. The number of carbonyl (C=O) groups is 1. The number of carbonyl (C=O) groups excluding carboxylic acids is 1. The van der Waals surface area contributed by atoms with E-state index in [9.17, 15) is 30.0 Å². The lowest BCUT2D eigenvalue weighted by Crippen LogP contribution is -2.36. The Morgan fingerprint density at radius 1 is 0.589 bits per heavy atom. The number of unbranched alkanes of at least 4 members (excludes halogenated alkanes) is 12. The minimum atomic E-state index is -3.76. The first kappa shape index (κ1) is 49.2. The summed E-state index contributed by atoms with van der Waals surface area (Å²) in [5.41, 5.74) is 0.818. The van der Waals surface area contributed by atoms with Gasteiger partial charge in [0.2, 0.25) is 0 Å². The van der Waals surface area contributed by atoms with E-state index in [0.29, 0.717) is 64.2 Å². The molecule has 0 aromatic rings. The Bertz CT molecular complexity index is 1510. The van der Waals surface area contributed by atoms with Crippen LogP contribution in [0.5, 0.6) is 0 Å². The van der Waals surface area contributed by atoms with E-state index in [1.165, 1.54) is 25.7 Å². The lowest BCUT2D eigenvalue weighted by atomic mass is 10.00. The zero-order valence-electron chi connectivity index (χ0n) is 34.7. The van der Waals surface area contributed by atoms with Gasteiger partial charge >= 0.3 is 5.97 Å². The molecule has 3 aliphatic heterocycles. The van der Waals surface area contributed by atoms with Crippen LogP contribution in [0, 0.1) is 0 Å². The fourth-order valence-electron chi connectivity index (χ4n) is 8.23. The maximum absolute atomic E-state index is 12.2. The molecule has 0 aliphatic carbocycles. The minimum Gasteiger partial charge on any atom is -0.455 e. The van der Waals surface area contributed by atoms with Crippen molar-refractivity contribution in [2.75, 3.05) is 18.8 Å². The monoisotopic (exact) mass is 856 g/mol. The SMILES string of the molecule is CCCCCC(CCCC[C@H](OS(C)(=O)=O)[C@H]1CC[C@H]([C@H]2CC[C@H]([C@@H](CCCCCCCCCCCCC3=C[C@H](C)OC3=O)OS(C)(=O)=O)O2)O1)OS(C)(=O)=O. The number of esters is 1. The summed E-state index contributed by atoms with van der Waals surface area (Å²) in [5, 5.41) is 0. The van der Waals surface area contributed by atoms with Gasteiger partial charge in [0.15, 0.2) is 0 Å². The van der Waals surface area contributed by atoms with Gasteiger partial charge in [0.1, 0.15) is 18.3 Å². The van der Waals surface area contributed by atoms with E-state index in [1.807, 2.05) is 13.0 Å². The quantitative estimate of drug-likeness (QED) is 0.0376. The van der Waals surface area contributed by atoms with Gasteiger partial charge in [-0.1, -0.05) is 96.8 Å². The second-order valence-electron chi connectivity index (χ2n) is 16.3. The zero-order valence-corrected chi connectivity index (χ0v) is 37.1. The number of rotatable bonds is 31. The van der Waals surface area contributed by atoms with Crippen LogP contribution in [0.15, 0.2) is 11.6 Å². The lowest BCUT2D eigenvalue weighted by Gasteiger charge is -2.27. The smallest absolute Gasteiger partial charge is 0.334 e. The summed E-state index contributed by atoms with van der Waals surface area (Å²) in [6.07, 6.45) is 22.7. The van der Waals surface area contributed by atoms with Crippen LogP contribution in [-0.4, -0.2) is 98.8 Å². The van der Waals surface area contributed by atoms with Crippen molar-refractivity contribution >= 4 is 36.3 Å². The predicted octanol–water partition coefficient (Wildman–Crippen LogP) is 7.81. The van der Waals surface area contributed by atoms with Gasteiger partial charge in [-0.2, -0.15) is 25.3 Å². The van der Waals surface area contributed by atoms with Crippen LogP contribution >= 0.6 is 0 Å². The molecule has 2 saturated heterocycles. The van der Waals surface area contributed by atoms with Crippen molar-refractivity contribution in [2.45, 2.75) is 217 Å². The van der Waals surface area contributed by atoms with E-state index < -0.39 is 54.8 Å². The molecule has 3 rings (SSSR count). The summed E-state index contributed by atoms with van der Waals surface area (Å²) < 4.78 is 107. The van der Waals surface area contributed by atoms with Crippen molar-refractivity contribution < 1.29 is 56.8 Å². The van der Waals surface area contributed by atoms with Gasteiger partial charge in [-0.15, -0.1) is 0 Å². The Kier molecular flexibility index (Phi) is 21.8. The molecule has 8 atom stereocenters. The average molecular weight is 857 g/mol. The maximum atomic E-state index is 12.2. The summed E-state index contributed by atoms with van der Waals surface area (Å²) in [6, 6.07) is 0. The van der Waals surface area contributed by atoms with Crippen molar-refractivity contribution in [2.24, 2.45) is 0 Å². The molecule has 1 unspecified atom stereocenters. The van der Waals surface area contributed by atoms with E-state index in [4.69, 9.17) is 26.8 Å². The molecule has 0 spiro atoms. The molecule has 0 bridgehead atoms. The van der Waals surface area contributed by atoms with Crippen LogP contribution in [0.3, 0.4) is 0 Å². The van der Waals surface area contributed by atoms with Crippen molar-refractivity contribution in [1.82, 2.24) is 0 Å². The second kappa shape index (κ2) is 24.8. The zero-order chi connectivity index (χ0) is 41.2. The van der Waals surface area contributed by atoms with E-state index in [0.717, 1.165) is 88.5 Å². The largest absolute Gasteiger partial charge is 0.455 e. The van der Waals surface area contributed by atoms with Crippen LogP contribution < -0.4 is 0 Å². The van der Waals surface area contributed by atoms with Crippen LogP contribution in [0.1, 0.15) is 168 Å². The van der Waals surface area contributed by atoms with Gasteiger partial charge in [-0.25, -0.2) is 4.79 Å². The molecule has 3 aliphatic rings. The highest BCUT2D eigenvalue weighted by Crippen LogP contribution is 2.36. The van der Waals surface area contributed by atoms with E-state index in [2.05, 4.69) is 6.92 Å². The fraction of sp³-hybridized carbons (Fsp3) is 0.925. The van der Waals surface area contributed by atoms with Crippen molar-refractivity contribution in [1.29, 1.82) is 0 Å². The molecule has 0 N–H and O–H groups in total. The molecular weight excluding hydrogens is 785 g/mol. The number of ether oxygens (including phenoxy) is 3. The molecule has 0 amide bonds. The Morgan fingerprint density at radius 3 is 1.43 bits per heavy atom. The summed E-state index contributed by atoms with van der Waals surface area (Å²) in [6.45, 7) is 3.97. The highest BCUT2D eigenvalue weighted by Gasteiger charge is 2.43. The number of cyclic esters (lactones) is 1. The van der Waals surface area contributed by atoms with E-state index >= 15 is 0 Å². The van der Waals surface area contributed by atoms with Gasteiger partial charge in [0.25, 0.3) is 30.4 Å². The maximum Gasteiger partial charge on any atom is 0.334 e. The molecule has 13 nitrogen and oxygen atoms in total. The molecule has 0 radical (unpaired) electrons. The lowest BCUT2D eigenvalue weighted by molar-refractivity contribution is -0.139. The topological polar surface area (TPSA) is 175 Å². The molecule has 328 valence electrons. The molecule has 3 heterocycles. The molecule has 56 heavy (non-hydrogen) atoms. The van der Waals surface area contributed by atoms with E-state index in [1.54, 1.807) is 0 Å². The van der Waals surface area contributed by atoms with Crippen LogP contribution in [0.2, 0.25) is 0 Å². The van der Waals surface area contributed by atoms with Gasteiger partial charge in [0.05, 0.1) is 49.3 Å². The third-order valence-electron chi connectivity index (χ3n) is 10.9. The molecule has 0 aromatic carbocycles. The molecule has 0 saturated carbocycles. The first-order chi connectivity index (χ1) is 26.4. The third kappa shape index (κ3) is 20.7. The molecule has 16 heteroatoms. The molecular formula is C40H72O13S3. The van der Waals surface area contributed by atoms with Gasteiger partial charge < -0.3 is 14.2 Å². The summed E-state index contributed by atoms with van der Waals surface area (Å²) >= 11 is 0. The first-order valence-electron chi connectivity index (χ1n) is 21.3. The Morgan fingerprint density at radius 2 is 1.00 bits per heavy atom. The van der Waals surface area contributed by atoms with Crippen LogP contribution in [0.4, 0.5) is 0 Å². The Balaban J connectivity index is 1.38. The van der Waals surface area contributed by atoms with Crippen molar-refractivity contribution in [3.05, 3.63) is 11.6 Å². The van der Waals surface area contributed by atoms with Crippen molar-refractivity contribution in [3.63, 3.8) is 0 Å². The van der Waals surface area contributed by atoms with Crippen LogP contribution in [-0.2, 0) is 61.9 Å². The molecule has 0 aromatic heterocycles. The van der Waals surface area contributed by atoms with Gasteiger partial charge in [-0.05, 0) is 77.2 Å². The fourth-order valence-corrected chi connectivity index (χ4v) is 10.3.